The summed E-state index contributed by atoms with van der Waals surface area (Å²) in [6.07, 6.45) is 3.61. The van der Waals surface area contributed by atoms with Gasteiger partial charge in [0, 0.05) is 45.1 Å². The number of aromatic nitrogens is 2. The Morgan fingerprint density at radius 1 is 0.574 bits per heavy atom. The van der Waals surface area contributed by atoms with Crippen molar-refractivity contribution in [1.29, 1.82) is 0 Å². The number of hydrogen-bond donors (Lipinski definition) is 2. The Morgan fingerprint density at radius 2 is 1.00 bits per heavy atom. The summed E-state index contributed by atoms with van der Waals surface area (Å²) >= 11 is 3.43. The molecule has 7 heteroatoms. The Labute approximate surface area is 311 Å². The Morgan fingerprint density at radius 3 is 1.43 bits per heavy atom. The second-order valence-corrected chi connectivity index (χ2v) is 11.5. The fourth-order valence-electron chi connectivity index (χ4n) is 3.61. The molecule has 0 spiro atoms. The van der Waals surface area contributed by atoms with Gasteiger partial charge in [-0.05, 0) is 72.8 Å². The summed E-state index contributed by atoms with van der Waals surface area (Å²) in [4.78, 5) is 8.64. The molecule has 2 heterocycles. The molecule has 0 atom stereocenters. The molecule has 0 saturated heterocycles. The second-order valence-electron chi connectivity index (χ2n) is 10.5. The molecule has 0 amide bonds. The molecule has 0 fully saturated rings. The fourth-order valence-corrected chi connectivity index (χ4v) is 4.01. The number of hydrogen-bond acceptors (Lipinski definition) is 5. The molecule has 0 radical (unpaired) electrons. The van der Waals surface area contributed by atoms with Gasteiger partial charge in [-0.2, -0.15) is 0 Å². The normalized spacial score (nSPS) is 9.51. The Hall–Kier alpha value is -3.78. The maximum atomic E-state index is 10.1. The predicted molar refractivity (Wildman–Crippen MR) is 199 cm³/mol. The zero-order valence-electron chi connectivity index (χ0n) is 28.3. The van der Waals surface area contributed by atoms with E-state index < -0.39 is 5.60 Å². The van der Waals surface area contributed by atoms with Gasteiger partial charge in [-0.1, -0.05) is 123 Å². The third-order valence-corrected chi connectivity index (χ3v) is 5.96. The summed E-state index contributed by atoms with van der Waals surface area (Å²) in [6, 6.07) is 47.9. The van der Waals surface area contributed by atoms with E-state index >= 15 is 0 Å². The number of nitrogens with two attached hydrogens (primary N) is 1. The predicted octanol–water partition coefficient (Wildman–Crippen LogP) is 7.45. The van der Waals surface area contributed by atoms with Crippen molar-refractivity contribution in [2.24, 2.45) is 0 Å². The number of para-hydroxylation sites is 2. The van der Waals surface area contributed by atoms with Crippen LogP contribution >= 0.6 is 15.9 Å². The van der Waals surface area contributed by atoms with Crippen molar-refractivity contribution in [1.82, 2.24) is 9.97 Å². The van der Waals surface area contributed by atoms with Gasteiger partial charge >= 0.3 is 29.6 Å². The van der Waals surface area contributed by atoms with Gasteiger partial charge in [-0.3, -0.25) is 9.97 Å². The average molecular weight is 700 g/mol. The number of halogens is 1. The first-order valence-corrected chi connectivity index (χ1v) is 16.0. The van der Waals surface area contributed by atoms with E-state index in [4.69, 9.17) is 5.73 Å². The van der Waals surface area contributed by atoms with E-state index in [9.17, 15) is 5.11 Å². The zero-order valence-corrected chi connectivity index (χ0v) is 31.9. The van der Waals surface area contributed by atoms with Crippen molar-refractivity contribution in [3.63, 3.8) is 0 Å². The molecule has 4 aromatic carbocycles. The van der Waals surface area contributed by atoms with Gasteiger partial charge in [0.1, 0.15) is 0 Å². The number of nitrogens with zero attached hydrogens (tertiary/aromatic N) is 2. The van der Waals surface area contributed by atoms with Crippen LogP contribution in [0.4, 0.5) is 17.1 Å². The third-order valence-electron chi connectivity index (χ3n) is 5.47. The molecular weight excluding hydrogens is 655 g/mol. The summed E-state index contributed by atoms with van der Waals surface area (Å²) in [5.74, 6) is 0. The van der Waals surface area contributed by atoms with Crippen LogP contribution in [0, 0.1) is 0 Å². The van der Waals surface area contributed by atoms with Crippen molar-refractivity contribution in [2.45, 2.75) is 40.2 Å². The van der Waals surface area contributed by atoms with E-state index in [-0.39, 0.29) is 29.6 Å². The molecular formula is C40H44BrN4NaO. The minimum absolute atomic E-state index is 0. The summed E-state index contributed by atoms with van der Waals surface area (Å²) < 4.78 is 1.08. The van der Waals surface area contributed by atoms with Gasteiger partial charge in [0.2, 0.25) is 0 Å². The quantitative estimate of drug-likeness (QED) is 0.148. The standard InChI is InChI=1S/C17H14N2.C11H8BrN.C6H7N.C4H9O.C2H6.Na/c1-2-8-15(9-3-1)19-16-10-6-7-14(13-16)17-11-4-5-12-18-17;12-10-5-3-4-9(8-10)11-6-1-2-7-13-11;7-6-4-2-1-3-5-6;1-4(2,3)5;1-2;/h1-13,19H;1-8H;1-5H,7H2;1-3H3;1-2H3;/q;;;-1;;+1. The first kappa shape index (κ1) is 41.2. The number of rotatable bonds is 4. The fraction of sp³-hybridized carbons (Fsp3) is 0.150. The number of nitrogens with one attached hydrogen (secondary N) is 1. The smallest absolute Gasteiger partial charge is 0.850 e. The molecule has 0 bridgehead atoms. The number of anilines is 3. The molecule has 0 aliphatic rings. The zero-order chi connectivity index (χ0) is 33.6. The number of pyridine rings is 2. The van der Waals surface area contributed by atoms with E-state index in [1.807, 2.05) is 141 Å². The van der Waals surface area contributed by atoms with Crippen molar-refractivity contribution < 1.29 is 34.7 Å². The van der Waals surface area contributed by atoms with E-state index in [2.05, 4.69) is 55.5 Å². The molecule has 238 valence electrons. The molecule has 2 aromatic heterocycles. The van der Waals surface area contributed by atoms with Crippen molar-refractivity contribution in [3.05, 3.63) is 162 Å². The molecule has 5 nitrogen and oxygen atoms in total. The Bertz CT molecular complexity index is 1630. The topological polar surface area (TPSA) is 86.9 Å². The maximum absolute atomic E-state index is 10.1. The van der Waals surface area contributed by atoms with E-state index in [0.717, 1.165) is 44.0 Å². The number of nitrogen functional groups attached to an aromatic ring is 1. The van der Waals surface area contributed by atoms with Crippen molar-refractivity contribution >= 4 is 33.0 Å². The van der Waals surface area contributed by atoms with Gasteiger partial charge in [0.25, 0.3) is 0 Å². The van der Waals surface area contributed by atoms with E-state index in [0.29, 0.717) is 0 Å². The first-order chi connectivity index (χ1) is 22.2. The van der Waals surface area contributed by atoms with Crippen LogP contribution in [0.15, 0.2) is 162 Å². The van der Waals surface area contributed by atoms with Crippen LogP contribution < -0.4 is 45.7 Å². The van der Waals surface area contributed by atoms with Gasteiger partial charge in [0.05, 0.1) is 11.4 Å². The molecule has 0 saturated carbocycles. The van der Waals surface area contributed by atoms with E-state index in [1.165, 1.54) is 0 Å². The largest absolute Gasteiger partial charge is 1.00 e. The first-order valence-electron chi connectivity index (χ1n) is 15.2. The third kappa shape index (κ3) is 18.8. The Kier molecular flexibility index (Phi) is 20.6. The van der Waals surface area contributed by atoms with Crippen LogP contribution in [-0.4, -0.2) is 15.6 Å². The summed E-state index contributed by atoms with van der Waals surface area (Å²) in [6.45, 7) is 8.90. The molecule has 0 unspecified atom stereocenters. The van der Waals surface area contributed by atoms with Crippen molar-refractivity contribution in [2.75, 3.05) is 11.1 Å². The summed E-state index contributed by atoms with van der Waals surface area (Å²) in [5, 5.41) is 13.5. The van der Waals surface area contributed by atoms with Crippen LogP contribution in [0.1, 0.15) is 34.6 Å². The Balaban J connectivity index is 0.000000342. The van der Waals surface area contributed by atoms with Gasteiger partial charge in [-0.25, -0.2) is 0 Å². The number of benzene rings is 4. The molecule has 47 heavy (non-hydrogen) atoms. The summed E-state index contributed by atoms with van der Waals surface area (Å²) in [7, 11) is 0. The van der Waals surface area contributed by atoms with Crippen LogP contribution in [-0.2, 0) is 0 Å². The second kappa shape index (κ2) is 23.5. The van der Waals surface area contributed by atoms with Crippen LogP contribution in [0.3, 0.4) is 0 Å². The molecule has 6 rings (SSSR count). The van der Waals surface area contributed by atoms with Crippen LogP contribution in [0.2, 0.25) is 0 Å². The average Bonchev–Trinajstić information content (AvgIpc) is 3.07. The molecule has 3 N–H and O–H groups in total. The SMILES string of the molecule is Brc1cccc(-c2ccccn2)c1.CC.CC(C)(C)[O-].Nc1ccccc1.[Na+].c1ccc(Nc2cccc(-c3ccccn3)c2)cc1. The summed E-state index contributed by atoms with van der Waals surface area (Å²) in [5.41, 5.74) is 11.8. The molecule has 6 aromatic rings. The van der Waals surface area contributed by atoms with Gasteiger partial charge < -0.3 is 16.2 Å². The van der Waals surface area contributed by atoms with Crippen LogP contribution in [0.25, 0.3) is 22.5 Å². The molecule has 0 aliphatic carbocycles. The maximum Gasteiger partial charge on any atom is 1.00 e. The van der Waals surface area contributed by atoms with E-state index in [1.54, 1.807) is 27.0 Å². The van der Waals surface area contributed by atoms with Gasteiger partial charge in [-0.15, -0.1) is 5.60 Å². The van der Waals surface area contributed by atoms with Gasteiger partial charge in [0.15, 0.2) is 0 Å². The molecule has 0 aliphatic heterocycles. The minimum Gasteiger partial charge on any atom is -0.850 e. The van der Waals surface area contributed by atoms with Crippen LogP contribution in [0.5, 0.6) is 0 Å². The van der Waals surface area contributed by atoms with Crippen molar-refractivity contribution in [3.8, 4) is 22.5 Å². The minimum atomic E-state index is -0.750. The monoisotopic (exact) mass is 698 g/mol.